The van der Waals surface area contributed by atoms with Crippen LogP contribution in [0.3, 0.4) is 0 Å². The van der Waals surface area contributed by atoms with Gasteiger partial charge in [0.2, 0.25) is 0 Å². The molecule has 0 fully saturated rings. The highest BCUT2D eigenvalue weighted by atomic mass is 16.6. The number of rotatable bonds is 6. The van der Waals surface area contributed by atoms with Crippen LogP contribution in [0.1, 0.15) is 0 Å². The summed E-state index contributed by atoms with van der Waals surface area (Å²) in [6.07, 6.45) is 0. The molecular weight excluding hydrogens is 412 g/mol. The normalized spacial score (nSPS) is 11.4. The lowest BCUT2D eigenvalue weighted by Crippen LogP contribution is -2.04. The van der Waals surface area contributed by atoms with Crippen LogP contribution in [0, 0.1) is 10.1 Å². The summed E-state index contributed by atoms with van der Waals surface area (Å²) in [5.74, 6) is 2.28. The van der Waals surface area contributed by atoms with E-state index in [1.165, 1.54) is 19.2 Å². The molecule has 0 radical (unpaired) electrons. The largest absolute Gasteiger partial charge is 0.497 e. The average Bonchev–Trinajstić information content (AvgIpc) is 2.83. The van der Waals surface area contributed by atoms with Crippen molar-refractivity contribution in [2.24, 2.45) is 4.99 Å². The average molecular weight is 432 g/mol. The van der Waals surface area contributed by atoms with Crippen LogP contribution < -0.4 is 19.6 Å². The Morgan fingerprint density at radius 1 is 0.844 bits per heavy atom. The van der Waals surface area contributed by atoms with Gasteiger partial charge in [0.25, 0.3) is 5.69 Å². The van der Waals surface area contributed by atoms with Crippen molar-refractivity contribution in [2.45, 2.75) is 0 Å². The molecule has 3 aromatic carbocycles. The molecule has 0 aliphatic rings. The molecule has 0 aliphatic heterocycles. The molecule has 0 bridgehead atoms. The van der Waals surface area contributed by atoms with Crippen molar-refractivity contribution in [1.29, 1.82) is 0 Å². The standard InChI is InChI=1S/C24H20N2O6/c1-29-17-7-4-15(5-8-17)23-14-21(19-13-18(30-2)9-11-22(19)32-23)25-20-10-6-16(26(27)28)12-24(20)31-3/h4-14H,1-3H3. The van der Waals surface area contributed by atoms with Gasteiger partial charge in [-0.3, -0.25) is 10.1 Å². The number of benzene rings is 3. The zero-order chi connectivity index (χ0) is 22.7. The maximum absolute atomic E-state index is 11.1. The summed E-state index contributed by atoms with van der Waals surface area (Å²) in [4.78, 5) is 15.4. The Balaban J connectivity index is 1.96. The Kier molecular flexibility index (Phi) is 5.76. The second-order valence-electron chi connectivity index (χ2n) is 6.81. The first-order valence-corrected chi connectivity index (χ1v) is 9.66. The predicted octanol–water partition coefficient (Wildman–Crippen LogP) is 5.27. The number of hydrogen-bond acceptors (Lipinski definition) is 7. The number of nitrogens with zero attached hydrogens (tertiary/aromatic N) is 2. The summed E-state index contributed by atoms with van der Waals surface area (Å²) in [6, 6.07) is 19.0. The quantitative estimate of drug-likeness (QED) is 0.304. The molecule has 8 nitrogen and oxygen atoms in total. The Hall–Kier alpha value is -4.33. The van der Waals surface area contributed by atoms with Gasteiger partial charge in [-0.1, -0.05) is 0 Å². The molecule has 1 heterocycles. The van der Waals surface area contributed by atoms with Crippen LogP contribution in [0.2, 0.25) is 0 Å². The highest BCUT2D eigenvalue weighted by Gasteiger charge is 2.12. The van der Waals surface area contributed by atoms with Crippen LogP contribution in [-0.4, -0.2) is 26.3 Å². The third-order valence-electron chi connectivity index (χ3n) is 4.94. The SMILES string of the molecule is COc1ccc(-c2cc(=Nc3ccc([N+](=O)[O-])cc3OC)c3cc(OC)ccc3o2)cc1. The Labute approximate surface area is 183 Å². The summed E-state index contributed by atoms with van der Waals surface area (Å²) in [5.41, 5.74) is 1.83. The molecule has 8 heteroatoms. The van der Waals surface area contributed by atoms with Gasteiger partial charge in [-0.15, -0.1) is 0 Å². The molecule has 0 saturated carbocycles. The summed E-state index contributed by atoms with van der Waals surface area (Å²) >= 11 is 0. The minimum absolute atomic E-state index is 0.0747. The van der Waals surface area contributed by atoms with Gasteiger partial charge >= 0.3 is 0 Å². The third-order valence-corrected chi connectivity index (χ3v) is 4.94. The second kappa shape index (κ2) is 8.81. The molecule has 162 valence electrons. The molecule has 0 saturated heterocycles. The lowest BCUT2D eigenvalue weighted by atomic mass is 10.1. The number of nitro groups is 1. The minimum atomic E-state index is -0.476. The summed E-state index contributed by atoms with van der Waals surface area (Å²) < 4.78 is 22.1. The lowest BCUT2D eigenvalue weighted by molar-refractivity contribution is -0.384. The maximum atomic E-state index is 11.1. The molecule has 1 aromatic heterocycles. The molecule has 0 N–H and O–H groups in total. The Bertz CT molecular complexity index is 1360. The first-order valence-electron chi connectivity index (χ1n) is 9.66. The topological polar surface area (TPSA) is 96.3 Å². The van der Waals surface area contributed by atoms with Crippen LogP contribution in [0.4, 0.5) is 11.4 Å². The van der Waals surface area contributed by atoms with Gasteiger partial charge in [-0.25, -0.2) is 4.99 Å². The van der Waals surface area contributed by atoms with Crippen LogP contribution in [0.5, 0.6) is 17.2 Å². The molecule has 4 aromatic rings. The summed E-state index contributed by atoms with van der Waals surface area (Å²) in [6.45, 7) is 0. The van der Waals surface area contributed by atoms with E-state index in [4.69, 9.17) is 23.6 Å². The Morgan fingerprint density at radius 2 is 1.56 bits per heavy atom. The third kappa shape index (κ3) is 4.11. The molecular formula is C24H20N2O6. The molecule has 32 heavy (non-hydrogen) atoms. The van der Waals surface area contributed by atoms with Crippen molar-refractivity contribution in [3.8, 4) is 28.6 Å². The van der Waals surface area contributed by atoms with E-state index in [9.17, 15) is 10.1 Å². The van der Waals surface area contributed by atoms with E-state index in [0.29, 0.717) is 33.9 Å². The van der Waals surface area contributed by atoms with Gasteiger partial charge in [-0.05, 0) is 48.5 Å². The van der Waals surface area contributed by atoms with Gasteiger partial charge in [0.15, 0.2) is 5.75 Å². The summed E-state index contributed by atoms with van der Waals surface area (Å²) in [7, 11) is 4.64. The van der Waals surface area contributed by atoms with Crippen LogP contribution in [0.25, 0.3) is 22.3 Å². The zero-order valence-electron chi connectivity index (χ0n) is 17.7. The molecule has 0 atom stereocenters. The highest BCUT2D eigenvalue weighted by Crippen LogP contribution is 2.32. The van der Waals surface area contributed by atoms with Crippen molar-refractivity contribution < 1.29 is 23.6 Å². The smallest absolute Gasteiger partial charge is 0.273 e. The molecule has 4 rings (SSSR count). The number of methoxy groups -OCH3 is 3. The number of hydrogen-bond donors (Lipinski definition) is 0. The van der Waals surface area contributed by atoms with E-state index in [0.717, 1.165) is 16.7 Å². The zero-order valence-corrected chi connectivity index (χ0v) is 17.7. The van der Waals surface area contributed by atoms with E-state index in [1.54, 1.807) is 26.4 Å². The first kappa shape index (κ1) is 20.9. The molecule has 0 amide bonds. The fourth-order valence-corrected chi connectivity index (χ4v) is 3.27. The maximum Gasteiger partial charge on any atom is 0.273 e. The van der Waals surface area contributed by atoms with Crippen molar-refractivity contribution in [3.05, 3.63) is 82.2 Å². The monoisotopic (exact) mass is 432 g/mol. The number of fused-ring (bicyclic) bond motifs is 1. The number of non-ortho nitro benzene ring substituents is 1. The van der Waals surface area contributed by atoms with Gasteiger partial charge in [0.05, 0.1) is 37.7 Å². The fraction of sp³-hybridized carbons (Fsp3) is 0.125. The van der Waals surface area contributed by atoms with E-state index >= 15 is 0 Å². The van der Waals surface area contributed by atoms with Crippen LogP contribution >= 0.6 is 0 Å². The van der Waals surface area contributed by atoms with Crippen LogP contribution in [-0.2, 0) is 0 Å². The lowest BCUT2D eigenvalue weighted by Gasteiger charge is -2.08. The van der Waals surface area contributed by atoms with Gasteiger partial charge < -0.3 is 18.6 Å². The van der Waals surface area contributed by atoms with E-state index in [1.807, 2.05) is 42.5 Å². The highest BCUT2D eigenvalue weighted by molar-refractivity contribution is 5.80. The second-order valence-corrected chi connectivity index (χ2v) is 6.81. The van der Waals surface area contributed by atoms with E-state index in [-0.39, 0.29) is 5.69 Å². The van der Waals surface area contributed by atoms with Crippen LogP contribution in [0.15, 0.2) is 76.1 Å². The van der Waals surface area contributed by atoms with E-state index in [2.05, 4.69) is 0 Å². The van der Waals surface area contributed by atoms with Crippen molar-refractivity contribution in [1.82, 2.24) is 0 Å². The minimum Gasteiger partial charge on any atom is -0.497 e. The van der Waals surface area contributed by atoms with Gasteiger partial charge in [0, 0.05) is 23.1 Å². The number of nitro benzene ring substituents is 1. The van der Waals surface area contributed by atoms with E-state index < -0.39 is 4.92 Å². The van der Waals surface area contributed by atoms with Crippen molar-refractivity contribution >= 4 is 22.3 Å². The molecule has 0 unspecified atom stereocenters. The molecule has 0 aliphatic carbocycles. The van der Waals surface area contributed by atoms with Gasteiger partial charge in [-0.2, -0.15) is 0 Å². The summed E-state index contributed by atoms with van der Waals surface area (Å²) in [5, 5.41) is 12.4. The first-order chi connectivity index (χ1) is 15.5. The predicted molar refractivity (Wildman–Crippen MR) is 120 cm³/mol. The Morgan fingerprint density at radius 3 is 2.22 bits per heavy atom. The van der Waals surface area contributed by atoms with Gasteiger partial charge in [0.1, 0.15) is 28.5 Å². The number of ether oxygens (including phenoxy) is 3. The van der Waals surface area contributed by atoms with Crippen molar-refractivity contribution in [2.75, 3.05) is 21.3 Å². The van der Waals surface area contributed by atoms with Crippen molar-refractivity contribution in [3.63, 3.8) is 0 Å². The molecule has 0 spiro atoms. The fourth-order valence-electron chi connectivity index (χ4n) is 3.27.